The molecule has 1 saturated heterocycles. The molecule has 1 aliphatic heterocycles. The van der Waals surface area contributed by atoms with E-state index in [0.29, 0.717) is 23.7 Å². The number of pyridine rings is 1. The average molecular weight is 419 g/mol. The highest BCUT2D eigenvalue weighted by Crippen LogP contribution is 2.30. The van der Waals surface area contributed by atoms with Crippen molar-refractivity contribution >= 4 is 17.4 Å². The van der Waals surface area contributed by atoms with Gasteiger partial charge in [0.2, 0.25) is 5.91 Å². The highest BCUT2D eigenvalue weighted by atomic mass is 16.5. The summed E-state index contributed by atoms with van der Waals surface area (Å²) in [5.41, 5.74) is 2.45. The number of hydrogen-bond donors (Lipinski definition) is 1. The number of methoxy groups -OCH3 is 2. The van der Waals surface area contributed by atoms with Crippen LogP contribution < -0.4 is 19.7 Å². The van der Waals surface area contributed by atoms with Gasteiger partial charge in [0.15, 0.2) is 17.3 Å². The van der Waals surface area contributed by atoms with Gasteiger partial charge in [-0.2, -0.15) is 0 Å². The number of carbonyl (C=O) groups is 1. The molecular formula is C23H25N5O3. The lowest BCUT2D eigenvalue weighted by Gasteiger charge is -2.32. The third-order valence-corrected chi connectivity index (χ3v) is 5.39. The van der Waals surface area contributed by atoms with Crippen LogP contribution in [0.25, 0.3) is 11.3 Å². The Kier molecular flexibility index (Phi) is 6.26. The number of anilines is 2. The number of nitrogens with zero attached hydrogens (tertiary/aromatic N) is 4. The normalized spacial score (nSPS) is 15.9. The largest absolute Gasteiger partial charge is 0.493 e. The molecule has 1 unspecified atom stereocenters. The van der Waals surface area contributed by atoms with Gasteiger partial charge >= 0.3 is 0 Å². The Morgan fingerprint density at radius 3 is 2.55 bits per heavy atom. The standard InChI is InChI=1S/C23H25N5O3/c1-30-20-7-5-18(14-21(20)31-2)25-23(29)17-4-3-13-28(15-17)22-8-6-19(26-27-22)16-9-11-24-12-10-16/h5-12,14,17H,3-4,13,15H2,1-2H3,(H,25,29). The van der Waals surface area contributed by atoms with Gasteiger partial charge < -0.3 is 19.7 Å². The van der Waals surface area contributed by atoms with Gasteiger partial charge in [-0.05, 0) is 49.2 Å². The number of aromatic nitrogens is 3. The number of benzene rings is 1. The summed E-state index contributed by atoms with van der Waals surface area (Å²) in [6.07, 6.45) is 5.21. The van der Waals surface area contributed by atoms with Crippen LogP contribution in [0, 0.1) is 5.92 Å². The maximum atomic E-state index is 12.9. The van der Waals surface area contributed by atoms with E-state index in [2.05, 4.69) is 25.4 Å². The van der Waals surface area contributed by atoms with Crippen molar-refractivity contribution in [1.29, 1.82) is 0 Å². The van der Waals surface area contributed by atoms with E-state index in [1.54, 1.807) is 38.7 Å². The predicted octanol–water partition coefficient (Wildman–Crippen LogP) is 3.41. The lowest BCUT2D eigenvalue weighted by atomic mass is 9.97. The fraction of sp³-hybridized carbons (Fsp3) is 0.304. The number of rotatable bonds is 6. The first-order valence-electron chi connectivity index (χ1n) is 10.2. The van der Waals surface area contributed by atoms with Crippen molar-refractivity contribution in [3.05, 3.63) is 54.9 Å². The Bertz CT molecular complexity index is 1030. The molecule has 1 aromatic carbocycles. The highest BCUT2D eigenvalue weighted by molar-refractivity contribution is 5.93. The van der Waals surface area contributed by atoms with Crippen LogP contribution >= 0.6 is 0 Å². The van der Waals surface area contributed by atoms with E-state index in [0.717, 1.165) is 36.5 Å². The summed E-state index contributed by atoms with van der Waals surface area (Å²) >= 11 is 0. The number of piperidine rings is 1. The summed E-state index contributed by atoms with van der Waals surface area (Å²) in [7, 11) is 3.16. The lowest BCUT2D eigenvalue weighted by Crippen LogP contribution is -2.41. The maximum Gasteiger partial charge on any atom is 0.229 e. The lowest BCUT2D eigenvalue weighted by molar-refractivity contribution is -0.120. The van der Waals surface area contributed by atoms with Crippen LogP contribution in [0.15, 0.2) is 54.9 Å². The smallest absolute Gasteiger partial charge is 0.229 e. The monoisotopic (exact) mass is 419 g/mol. The van der Waals surface area contributed by atoms with Crippen LogP contribution in [0.5, 0.6) is 11.5 Å². The first-order valence-corrected chi connectivity index (χ1v) is 10.2. The zero-order valence-electron chi connectivity index (χ0n) is 17.6. The summed E-state index contributed by atoms with van der Waals surface area (Å²) in [5, 5.41) is 11.7. The molecule has 31 heavy (non-hydrogen) atoms. The van der Waals surface area contributed by atoms with Gasteiger partial charge in [-0.25, -0.2) is 0 Å². The molecule has 1 amide bonds. The second-order valence-corrected chi connectivity index (χ2v) is 7.36. The maximum absolute atomic E-state index is 12.9. The molecule has 1 fully saturated rings. The van der Waals surface area contributed by atoms with E-state index in [9.17, 15) is 4.79 Å². The van der Waals surface area contributed by atoms with Crippen molar-refractivity contribution in [2.45, 2.75) is 12.8 Å². The van der Waals surface area contributed by atoms with Crippen LogP contribution in [0.2, 0.25) is 0 Å². The SMILES string of the molecule is COc1ccc(NC(=O)C2CCCN(c3ccc(-c4ccncc4)nn3)C2)cc1OC. The first kappa shape index (κ1) is 20.6. The summed E-state index contributed by atoms with van der Waals surface area (Å²) in [6.45, 7) is 1.45. The van der Waals surface area contributed by atoms with Crippen LogP contribution in [-0.2, 0) is 4.79 Å². The Hall–Kier alpha value is -3.68. The molecule has 0 aliphatic carbocycles. The number of hydrogen-bond acceptors (Lipinski definition) is 7. The fourth-order valence-corrected chi connectivity index (χ4v) is 3.73. The van der Waals surface area contributed by atoms with E-state index in [1.165, 1.54) is 0 Å². The molecule has 4 rings (SSSR count). The molecular weight excluding hydrogens is 394 g/mol. The fourth-order valence-electron chi connectivity index (χ4n) is 3.73. The van der Waals surface area contributed by atoms with Gasteiger partial charge in [0.1, 0.15) is 0 Å². The van der Waals surface area contributed by atoms with Crippen molar-refractivity contribution in [2.75, 3.05) is 37.5 Å². The molecule has 1 N–H and O–H groups in total. The van der Waals surface area contributed by atoms with E-state index in [1.807, 2.05) is 30.3 Å². The predicted molar refractivity (Wildman–Crippen MR) is 118 cm³/mol. The topological polar surface area (TPSA) is 89.5 Å². The molecule has 0 spiro atoms. The number of carbonyl (C=O) groups excluding carboxylic acids is 1. The highest BCUT2D eigenvalue weighted by Gasteiger charge is 2.27. The third-order valence-electron chi connectivity index (χ3n) is 5.39. The molecule has 8 nitrogen and oxygen atoms in total. The minimum atomic E-state index is -0.136. The van der Waals surface area contributed by atoms with Gasteiger partial charge in [-0.1, -0.05) is 0 Å². The first-order chi connectivity index (χ1) is 15.2. The third kappa shape index (κ3) is 4.74. The Morgan fingerprint density at radius 2 is 1.84 bits per heavy atom. The number of nitrogens with one attached hydrogen (secondary N) is 1. The molecule has 2 aromatic heterocycles. The molecule has 160 valence electrons. The van der Waals surface area contributed by atoms with E-state index in [4.69, 9.17) is 9.47 Å². The van der Waals surface area contributed by atoms with Gasteiger partial charge in [-0.3, -0.25) is 9.78 Å². The van der Waals surface area contributed by atoms with Crippen molar-refractivity contribution in [1.82, 2.24) is 15.2 Å². The second kappa shape index (κ2) is 9.42. The summed E-state index contributed by atoms with van der Waals surface area (Å²) in [6, 6.07) is 13.1. The summed E-state index contributed by atoms with van der Waals surface area (Å²) < 4.78 is 10.6. The average Bonchev–Trinajstić information content (AvgIpc) is 2.84. The Labute approximate surface area is 181 Å². The van der Waals surface area contributed by atoms with Crippen molar-refractivity contribution in [2.24, 2.45) is 5.92 Å². The van der Waals surface area contributed by atoms with Crippen LogP contribution in [-0.4, -0.2) is 48.4 Å². The zero-order chi connectivity index (χ0) is 21.6. The zero-order valence-corrected chi connectivity index (χ0v) is 17.6. The second-order valence-electron chi connectivity index (χ2n) is 7.36. The minimum absolute atomic E-state index is 0.0155. The molecule has 3 heterocycles. The molecule has 1 atom stereocenters. The van der Waals surface area contributed by atoms with Gasteiger partial charge in [0.05, 0.1) is 25.8 Å². The number of ether oxygens (including phenoxy) is 2. The van der Waals surface area contributed by atoms with E-state index in [-0.39, 0.29) is 11.8 Å². The molecule has 0 saturated carbocycles. The van der Waals surface area contributed by atoms with Crippen LogP contribution in [0.3, 0.4) is 0 Å². The summed E-state index contributed by atoms with van der Waals surface area (Å²) in [5.74, 6) is 1.83. The minimum Gasteiger partial charge on any atom is -0.493 e. The van der Waals surface area contributed by atoms with Gasteiger partial charge in [0.25, 0.3) is 0 Å². The molecule has 1 aliphatic rings. The van der Waals surface area contributed by atoms with Crippen LogP contribution in [0.4, 0.5) is 11.5 Å². The van der Waals surface area contributed by atoms with Crippen molar-refractivity contribution < 1.29 is 14.3 Å². The van der Waals surface area contributed by atoms with Crippen LogP contribution in [0.1, 0.15) is 12.8 Å². The van der Waals surface area contributed by atoms with Crippen molar-refractivity contribution in [3.63, 3.8) is 0 Å². The van der Waals surface area contributed by atoms with Gasteiger partial charge in [0, 0.05) is 42.8 Å². The Morgan fingerprint density at radius 1 is 1.03 bits per heavy atom. The molecule has 3 aromatic rings. The molecule has 0 bridgehead atoms. The molecule has 0 radical (unpaired) electrons. The molecule has 8 heteroatoms. The van der Waals surface area contributed by atoms with E-state index < -0.39 is 0 Å². The van der Waals surface area contributed by atoms with E-state index >= 15 is 0 Å². The quantitative estimate of drug-likeness (QED) is 0.655. The number of amides is 1. The summed E-state index contributed by atoms with van der Waals surface area (Å²) in [4.78, 5) is 19.0. The van der Waals surface area contributed by atoms with Crippen molar-refractivity contribution in [3.8, 4) is 22.8 Å². The van der Waals surface area contributed by atoms with Gasteiger partial charge in [-0.15, -0.1) is 10.2 Å². The Balaban J connectivity index is 1.42.